The van der Waals surface area contributed by atoms with Crippen molar-refractivity contribution in [1.29, 1.82) is 0 Å². The quantitative estimate of drug-likeness (QED) is 0.340. The highest BCUT2D eigenvalue weighted by Gasteiger charge is 2.11. The van der Waals surface area contributed by atoms with Crippen molar-refractivity contribution in [3.63, 3.8) is 0 Å². The lowest BCUT2D eigenvalue weighted by Crippen LogP contribution is -2.32. The number of amides is 1. The van der Waals surface area contributed by atoms with Gasteiger partial charge in [0.15, 0.2) is 0 Å². The summed E-state index contributed by atoms with van der Waals surface area (Å²) >= 11 is 0. The summed E-state index contributed by atoms with van der Waals surface area (Å²) in [6, 6.07) is 3.86. The first-order chi connectivity index (χ1) is 9.52. The van der Waals surface area contributed by atoms with Gasteiger partial charge in [-0.1, -0.05) is 0 Å². The number of aromatic nitrogens is 2. The Bertz CT molecular complexity index is 739. The van der Waals surface area contributed by atoms with Gasteiger partial charge in [0.2, 0.25) is 5.91 Å². The molecule has 1 aromatic carbocycles. The molecule has 9 nitrogen and oxygen atoms in total. The Morgan fingerprint density at radius 3 is 2.90 bits per heavy atom. The molecule has 1 heterocycles. The van der Waals surface area contributed by atoms with E-state index in [0.29, 0.717) is 5.52 Å². The second-order valence-electron chi connectivity index (χ2n) is 4.02. The highest BCUT2D eigenvalue weighted by Crippen LogP contribution is 2.16. The van der Waals surface area contributed by atoms with E-state index >= 15 is 0 Å². The van der Waals surface area contributed by atoms with Crippen LogP contribution in [-0.4, -0.2) is 20.4 Å². The van der Waals surface area contributed by atoms with E-state index in [4.69, 9.17) is 5.84 Å². The molecule has 2 aromatic rings. The maximum Gasteiger partial charge on any atom is 0.270 e. The fourth-order valence-electron chi connectivity index (χ4n) is 1.71. The van der Waals surface area contributed by atoms with Crippen LogP contribution in [0.3, 0.4) is 0 Å². The topological polar surface area (TPSA) is 133 Å². The van der Waals surface area contributed by atoms with Crippen LogP contribution in [0.4, 0.5) is 5.69 Å². The van der Waals surface area contributed by atoms with E-state index < -0.39 is 16.4 Å². The first-order valence-electron chi connectivity index (χ1n) is 5.66. The van der Waals surface area contributed by atoms with Crippen molar-refractivity contribution in [3.8, 4) is 0 Å². The predicted octanol–water partition coefficient (Wildman–Crippen LogP) is -0.315. The van der Waals surface area contributed by atoms with Gasteiger partial charge in [-0.15, -0.1) is 0 Å². The lowest BCUT2D eigenvalue weighted by Gasteiger charge is -2.05. The molecule has 1 amide bonds. The Balaban J connectivity index is 2.43. The fraction of sp³-hybridized carbons (Fsp3) is 0.182. The molecule has 0 atom stereocenters. The number of carbonyl (C=O) groups is 1. The minimum Gasteiger partial charge on any atom is -0.298 e. The second kappa shape index (κ2) is 5.45. The molecule has 0 saturated heterocycles. The van der Waals surface area contributed by atoms with Gasteiger partial charge >= 0.3 is 0 Å². The maximum absolute atomic E-state index is 12.1. The van der Waals surface area contributed by atoms with Crippen molar-refractivity contribution in [2.24, 2.45) is 5.84 Å². The molecule has 0 fully saturated rings. The van der Waals surface area contributed by atoms with Crippen molar-refractivity contribution in [2.45, 2.75) is 13.0 Å². The standard InChI is InChI=1S/C11H11N5O4/c12-14-10(17)3-4-15-6-13-9-2-1-7(16(19)20)5-8(9)11(15)18/h1-2,5-6H,3-4,12H2,(H,14,17). The molecule has 0 spiro atoms. The Kier molecular flexibility index (Phi) is 3.71. The van der Waals surface area contributed by atoms with Crippen molar-refractivity contribution in [2.75, 3.05) is 0 Å². The van der Waals surface area contributed by atoms with Crippen LogP contribution in [0.1, 0.15) is 6.42 Å². The Hall–Kier alpha value is -2.81. The SMILES string of the molecule is NNC(=O)CCn1cnc2ccc([N+](=O)[O-])cc2c1=O. The zero-order chi connectivity index (χ0) is 14.7. The molecule has 104 valence electrons. The highest BCUT2D eigenvalue weighted by molar-refractivity contribution is 5.80. The van der Waals surface area contributed by atoms with Crippen LogP contribution in [0.5, 0.6) is 0 Å². The van der Waals surface area contributed by atoms with Crippen LogP contribution in [0.25, 0.3) is 10.9 Å². The molecule has 2 rings (SSSR count). The number of nitrogens with two attached hydrogens (primary N) is 1. The molecular formula is C11H11N5O4. The van der Waals surface area contributed by atoms with E-state index in [9.17, 15) is 19.7 Å². The summed E-state index contributed by atoms with van der Waals surface area (Å²) < 4.78 is 1.21. The molecule has 0 aliphatic rings. The third-order valence-corrected chi connectivity index (χ3v) is 2.76. The second-order valence-corrected chi connectivity index (χ2v) is 4.02. The molecule has 0 aliphatic carbocycles. The Labute approximate surface area is 112 Å². The fourth-order valence-corrected chi connectivity index (χ4v) is 1.71. The van der Waals surface area contributed by atoms with Crippen molar-refractivity contribution < 1.29 is 9.72 Å². The minimum absolute atomic E-state index is 0.0124. The number of carbonyl (C=O) groups excluding carboxylic acids is 1. The zero-order valence-electron chi connectivity index (χ0n) is 10.3. The van der Waals surface area contributed by atoms with Gasteiger partial charge in [-0.25, -0.2) is 10.8 Å². The lowest BCUT2D eigenvalue weighted by molar-refractivity contribution is -0.384. The molecule has 3 N–H and O–H groups in total. The molecule has 0 unspecified atom stereocenters. The first kappa shape index (κ1) is 13.6. The average Bonchev–Trinajstić information content (AvgIpc) is 2.45. The molecular weight excluding hydrogens is 266 g/mol. The summed E-state index contributed by atoms with van der Waals surface area (Å²) in [7, 11) is 0. The van der Waals surface area contributed by atoms with Gasteiger partial charge < -0.3 is 0 Å². The van der Waals surface area contributed by atoms with E-state index in [2.05, 4.69) is 4.98 Å². The highest BCUT2D eigenvalue weighted by atomic mass is 16.6. The predicted molar refractivity (Wildman–Crippen MR) is 69.6 cm³/mol. The number of nitro benzene ring substituents is 1. The van der Waals surface area contributed by atoms with E-state index in [1.807, 2.05) is 5.43 Å². The Morgan fingerprint density at radius 2 is 2.25 bits per heavy atom. The molecule has 1 aromatic heterocycles. The largest absolute Gasteiger partial charge is 0.298 e. The van der Waals surface area contributed by atoms with Crippen LogP contribution in [0, 0.1) is 10.1 Å². The summed E-state index contributed by atoms with van der Waals surface area (Å²) in [5.74, 6) is 4.52. The van der Waals surface area contributed by atoms with E-state index in [-0.39, 0.29) is 24.0 Å². The van der Waals surface area contributed by atoms with Gasteiger partial charge in [0, 0.05) is 25.1 Å². The summed E-state index contributed by atoms with van der Waals surface area (Å²) in [5, 5.41) is 10.8. The number of non-ortho nitro benzene ring substituents is 1. The summed E-state index contributed by atoms with van der Waals surface area (Å²) in [5.41, 5.74) is 1.69. The number of benzene rings is 1. The number of aryl methyl sites for hydroxylation is 1. The molecule has 9 heteroatoms. The van der Waals surface area contributed by atoms with Crippen molar-refractivity contribution in [1.82, 2.24) is 15.0 Å². The van der Waals surface area contributed by atoms with Crippen LogP contribution >= 0.6 is 0 Å². The van der Waals surface area contributed by atoms with E-state index in [1.165, 1.54) is 29.1 Å². The number of hydrazine groups is 1. The molecule has 0 radical (unpaired) electrons. The number of nitro groups is 1. The molecule has 0 saturated carbocycles. The van der Waals surface area contributed by atoms with Crippen LogP contribution in [-0.2, 0) is 11.3 Å². The number of fused-ring (bicyclic) bond motifs is 1. The summed E-state index contributed by atoms with van der Waals surface area (Å²) in [6.45, 7) is 0.0908. The van der Waals surface area contributed by atoms with Crippen LogP contribution in [0.15, 0.2) is 29.3 Å². The summed E-state index contributed by atoms with van der Waals surface area (Å²) in [4.78, 5) is 37.3. The number of hydrogen-bond acceptors (Lipinski definition) is 6. The van der Waals surface area contributed by atoms with Gasteiger partial charge in [-0.05, 0) is 6.07 Å². The third kappa shape index (κ3) is 2.62. The van der Waals surface area contributed by atoms with Gasteiger partial charge in [-0.2, -0.15) is 0 Å². The molecule has 0 bridgehead atoms. The minimum atomic E-state index is -0.585. The van der Waals surface area contributed by atoms with E-state index in [1.54, 1.807) is 0 Å². The normalized spacial score (nSPS) is 10.4. The lowest BCUT2D eigenvalue weighted by atomic mass is 10.2. The smallest absolute Gasteiger partial charge is 0.270 e. The maximum atomic E-state index is 12.1. The number of nitrogens with one attached hydrogen (secondary N) is 1. The van der Waals surface area contributed by atoms with Crippen LogP contribution in [0.2, 0.25) is 0 Å². The average molecular weight is 277 g/mol. The molecule has 0 aliphatic heterocycles. The Morgan fingerprint density at radius 1 is 1.50 bits per heavy atom. The monoisotopic (exact) mass is 277 g/mol. The zero-order valence-corrected chi connectivity index (χ0v) is 10.3. The number of rotatable bonds is 4. The number of hydrogen-bond donors (Lipinski definition) is 2. The van der Waals surface area contributed by atoms with Gasteiger partial charge in [0.1, 0.15) is 0 Å². The van der Waals surface area contributed by atoms with Crippen LogP contribution < -0.4 is 16.8 Å². The van der Waals surface area contributed by atoms with Gasteiger partial charge in [0.25, 0.3) is 11.2 Å². The third-order valence-electron chi connectivity index (χ3n) is 2.76. The van der Waals surface area contributed by atoms with Crippen molar-refractivity contribution >= 4 is 22.5 Å². The van der Waals surface area contributed by atoms with Crippen molar-refractivity contribution in [3.05, 3.63) is 45.0 Å². The first-order valence-corrected chi connectivity index (χ1v) is 5.66. The number of nitrogens with zero attached hydrogens (tertiary/aromatic N) is 3. The summed E-state index contributed by atoms with van der Waals surface area (Å²) in [6.07, 6.45) is 1.30. The van der Waals surface area contributed by atoms with Gasteiger partial charge in [-0.3, -0.25) is 29.7 Å². The van der Waals surface area contributed by atoms with E-state index in [0.717, 1.165) is 0 Å². The molecule has 20 heavy (non-hydrogen) atoms. The van der Waals surface area contributed by atoms with Gasteiger partial charge in [0.05, 0.1) is 22.2 Å².